The van der Waals surface area contributed by atoms with E-state index < -0.39 is 15.6 Å². The Morgan fingerprint density at radius 1 is 1.30 bits per heavy atom. The van der Waals surface area contributed by atoms with E-state index in [-0.39, 0.29) is 10.8 Å². The fraction of sp³-hybridized carbons (Fsp3) is 0.500. The monoisotopic (exact) mass is 361 g/mol. The van der Waals surface area contributed by atoms with Crippen LogP contribution in [0, 0.1) is 0 Å². The molecule has 0 aliphatic heterocycles. The van der Waals surface area contributed by atoms with E-state index in [1.54, 1.807) is 12.1 Å². The van der Waals surface area contributed by atoms with Crippen LogP contribution in [-0.2, 0) is 14.8 Å². The standard InChI is InChI=1S/C14H23N3O4S2/c1-14(2,15)10-17-13(18)9-22-8-7-21-11-3-5-12(6-4-11)23(16,19)20/h3-6H,7-10,15H2,1-2H3,(H,17,18)(H2,16,19,20). The maximum Gasteiger partial charge on any atom is 0.238 e. The van der Waals surface area contributed by atoms with E-state index in [0.29, 0.717) is 30.4 Å². The van der Waals surface area contributed by atoms with Crippen LogP contribution in [0.2, 0.25) is 0 Å². The molecule has 0 bridgehead atoms. The summed E-state index contributed by atoms with van der Waals surface area (Å²) in [5, 5.41) is 7.77. The zero-order valence-electron chi connectivity index (χ0n) is 13.2. The molecular formula is C14H23N3O4S2. The molecule has 1 rings (SSSR count). The highest BCUT2D eigenvalue weighted by atomic mass is 32.2. The van der Waals surface area contributed by atoms with Crippen LogP contribution in [0.1, 0.15) is 13.8 Å². The van der Waals surface area contributed by atoms with Crippen molar-refractivity contribution in [1.82, 2.24) is 5.32 Å². The summed E-state index contributed by atoms with van der Waals surface area (Å²) in [7, 11) is -3.69. The van der Waals surface area contributed by atoms with Crippen molar-refractivity contribution in [2.45, 2.75) is 24.3 Å². The topological polar surface area (TPSA) is 125 Å². The molecule has 0 saturated carbocycles. The molecule has 0 aromatic heterocycles. The Morgan fingerprint density at radius 2 is 1.91 bits per heavy atom. The van der Waals surface area contributed by atoms with Gasteiger partial charge in [-0.2, -0.15) is 0 Å². The summed E-state index contributed by atoms with van der Waals surface area (Å²) < 4.78 is 27.7. The summed E-state index contributed by atoms with van der Waals surface area (Å²) in [6, 6.07) is 5.86. The van der Waals surface area contributed by atoms with E-state index in [0.717, 1.165) is 0 Å². The maximum absolute atomic E-state index is 11.6. The highest BCUT2D eigenvalue weighted by Crippen LogP contribution is 2.15. The Hall–Kier alpha value is -1.29. The van der Waals surface area contributed by atoms with Crippen LogP contribution in [0.25, 0.3) is 0 Å². The van der Waals surface area contributed by atoms with Crippen LogP contribution in [-0.4, -0.2) is 44.5 Å². The zero-order chi connectivity index (χ0) is 17.5. The molecule has 7 nitrogen and oxygen atoms in total. The number of carbonyl (C=O) groups excluding carboxylic acids is 1. The number of carbonyl (C=O) groups is 1. The highest BCUT2D eigenvalue weighted by Gasteiger charge is 2.12. The molecule has 0 saturated heterocycles. The predicted molar refractivity (Wildman–Crippen MR) is 91.9 cm³/mol. The lowest BCUT2D eigenvalue weighted by Crippen LogP contribution is -2.45. The first-order chi connectivity index (χ1) is 10.6. The summed E-state index contributed by atoms with van der Waals surface area (Å²) in [4.78, 5) is 11.6. The number of thioether (sulfide) groups is 1. The normalized spacial score (nSPS) is 12.0. The van der Waals surface area contributed by atoms with E-state index >= 15 is 0 Å². The number of primary sulfonamides is 1. The number of rotatable bonds is 9. The van der Waals surface area contributed by atoms with Crippen molar-refractivity contribution >= 4 is 27.7 Å². The van der Waals surface area contributed by atoms with Gasteiger partial charge >= 0.3 is 0 Å². The van der Waals surface area contributed by atoms with Gasteiger partial charge in [-0.3, -0.25) is 4.79 Å². The second kappa shape index (κ2) is 8.53. The number of benzene rings is 1. The Labute approximate surface area is 141 Å². The average molecular weight is 361 g/mol. The van der Waals surface area contributed by atoms with Crippen LogP contribution in [0.3, 0.4) is 0 Å². The van der Waals surface area contributed by atoms with Crippen molar-refractivity contribution in [3.8, 4) is 5.75 Å². The molecule has 0 fully saturated rings. The quantitative estimate of drug-likeness (QED) is 0.543. The lowest BCUT2D eigenvalue weighted by atomic mass is 10.1. The first-order valence-corrected chi connectivity index (χ1v) is 9.67. The van der Waals surface area contributed by atoms with Crippen molar-refractivity contribution in [3.63, 3.8) is 0 Å². The Morgan fingerprint density at radius 3 is 2.43 bits per heavy atom. The number of hydrogen-bond donors (Lipinski definition) is 3. The molecule has 5 N–H and O–H groups in total. The third-order valence-corrected chi connectivity index (χ3v) is 4.47. The number of hydrogen-bond acceptors (Lipinski definition) is 6. The minimum Gasteiger partial charge on any atom is -0.493 e. The summed E-state index contributed by atoms with van der Waals surface area (Å²) in [6.07, 6.45) is 0. The van der Waals surface area contributed by atoms with Gasteiger partial charge < -0.3 is 15.8 Å². The molecule has 23 heavy (non-hydrogen) atoms. The Balaban J connectivity index is 2.21. The minimum atomic E-state index is -3.69. The van der Waals surface area contributed by atoms with Gasteiger partial charge in [0.2, 0.25) is 15.9 Å². The van der Waals surface area contributed by atoms with Crippen LogP contribution in [0.4, 0.5) is 0 Å². The third kappa shape index (κ3) is 8.80. The third-order valence-electron chi connectivity index (χ3n) is 2.62. The smallest absolute Gasteiger partial charge is 0.238 e. The van der Waals surface area contributed by atoms with Gasteiger partial charge in [-0.1, -0.05) is 0 Å². The van der Waals surface area contributed by atoms with Crippen molar-refractivity contribution in [3.05, 3.63) is 24.3 Å². The van der Waals surface area contributed by atoms with E-state index in [1.165, 1.54) is 23.9 Å². The highest BCUT2D eigenvalue weighted by molar-refractivity contribution is 7.99. The lowest BCUT2D eigenvalue weighted by Gasteiger charge is -2.18. The molecule has 0 unspecified atom stereocenters. The SMILES string of the molecule is CC(C)(N)CNC(=O)CSCCOc1ccc(S(N)(=O)=O)cc1. The zero-order valence-corrected chi connectivity index (χ0v) is 14.9. The van der Waals surface area contributed by atoms with Crippen molar-refractivity contribution < 1.29 is 17.9 Å². The number of nitrogens with one attached hydrogen (secondary N) is 1. The van der Waals surface area contributed by atoms with E-state index in [2.05, 4.69) is 5.32 Å². The van der Waals surface area contributed by atoms with Crippen LogP contribution in [0.15, 0.2) is 29.2 Å². The summed E-state index contributed by atoms with van der Waals surface area (Å²) in [5.74, 6) is 1.46. The van der Waals surface area contributed by atoms with Gasteiger partial charge in [-0.25, -0.2) is 13.6 Å². The van der Waals surface area contributed by atoms with Gasteiger partial charge in [0.15, 0.2) is 0 Å². The largest absolute Gasteiger partial charge is 0.493 e. The lowest BCUT2D eigenvalue weighted by molar-refractivity contribution is -0.118. The Bertz CT molecular complexity index is 610. The molecule has 1 aromatic rings. The molecule has 0 aliphatic rings. The molecule has 1 aromatic carbocycles. The van der Waals surface area contributed by atoms with Gasteiger partial charge in [0, 0.05) is 17.8 Å². The number of nitrogens with two attached hydrogens (primary N) is 2. The minimum absolute atomic E-state index is 0.0405. The molecule has 130 valence electrons. The Kier molecular flexibility index (Phi) is 7.33. The molecule has 9 heteroatoms. The molecular weight excluding hydrogens is 338 g/mol. The second-order valence-electron chi connectivity index (χ2n) is 5.68. The predicted octanol–water partition coefficient (Wildman–Crippen LogP) is 0.300. The van der Waals surface area contributed by atoms with Crippen LogP contribution in [0.5, 0.6) is 5.75 Å². The molecule has 0 heterocycles. The van der Waals surface area contributed by atoms with Crippen molar-refractivity contribution in [2.24, 2.45) is 10.9 Å². The number of amides is 1. The van der Waals surface area contributed by atoms with Gasteiger partial charge in [0.1, 0.15) is 5.75 Å². The first kappa shape index (κ1) is 19.8. The maximum atomic E-state index is 11.6. The first-order valence-electron chi connectivity index (χ1n) is 6.97. The second-order valence-corrected chi connectivity index (χ2v) is 8.35. The summed E-state index contributed by atoms with van der Waals surface area (Å²) in [5.41, 5.74) is 5.35. The molecule has 0 spiro atoms. The fourth-order valence-corrected chi connectivity index (χ4v) is 2.63. The summed E-state index contributed by atoms with van der Waals surface area (Å²) >= 11 is 1.44. The van der Waals surface area contributed by atoms with Crippen LogP contribution < -0.4 is 20.9 Å². The average Bonchev–Trinajstić information content (AvgIpc) is 2.43. The fourth-order valence-electron chi connectivity index (χ4n) is 1.49. The van der Waals surface area contributed by atoms with Gasteiger partial charge in [-0.15, -0.1) is 11.8 Å². The van der Waals surface area contributed by atoms with Gasteiger partial charge in [0.25, 0.3) is 0 Å². The van der Waals surface area contributed by atoms with Gasteiger partial charge in [-0.05, 0) is 38.1 Å². The van der Waals surface area contributed by atoms with E-state index in [1.807, 2.05) is 13.8 Å². The molecule has 0 atom stereocenters. The summed E-state index contributed by atoms with van der Waals surface area (Å²) in [6.45, 7) is 4.53. The van der Waals surface area contributed by atoms with Crippen molar-refractivity contribution in [2.75, 3.05) is 24.7 Å². The van der Waals surface area contributed by atoms with Gasteiger partial charge in [0.05, 0.1) is 17.3 Å². The van der Waals surface area contributed by atoms with E-state index in [9.17, 15) is 13.2 Å². The number of ether oxygens (including phenoxy) is 1. The molecule has 0 aliphatic carbocycles. The molecule has 1 amide bonds. The van der Waals surface area contributed by atoms with E-state index in [4.69, 9.17) is 15.6 Å². The van der Waals surface area contributed by atoms with Crippen molar-refractivity contribution in [1.29, 1.82) is 0 Å². The van der Waals surface area contributed by atoms with Crippen LogP contribution >= 0.6 is 11.8 Å². The number of sulfonamides is 1. The molecule has 0 radical (unpaired) electrons.